The van der Waals surface area contributed by atoms with Crippen LogP contribution in [-0.4, -0.2) is 65.6 Å². The highest BCUT2D eigenvalue weighted by Crippen LogP contribution is 2.26. The number of imide groups is 1. The van der Waals surface area contributed by atoms with Crippen LogP contribution in [0.3, 0.4) is 0 Å². The van der Waals surface area contributed by atoms with E-state index in [1.54, 1.807) is 18.0 Å². The molecule has 7 nitrogen and oxygen atoms in total. The van der Waals surface area contributed by atoms with E-state index in [2.05, 4.69) is 14.8 Å². The number of benzene rings is 1. The lowest BCUT2D eigenvalue weighted by Gasteiger charge is -2.36. The Kier molecular flexibility index (Phi) is 4.77. The van der Waals surface area contributed by atoms with Crippen molar-refractivity contribution < 1.29 is 9.59 Å². The Bertz CT molecular complexity index is 806. The van der Waals surface area contributed by atoms with Crippen LogP contribution >= 0.6 is 0 Å². The highest BCUT2D eigenvalue weighted by molar-refractivity contribution is 6.14. The second-order valence-electron chi connectivity index (χ2n) is 6.86. The number of aromatic nitrogens is 1. The van der Waals surface area contributed by atoms with Gasteiger partial charge in [0, 0.05) is 38.1 Å². The molecule has 1 atom stereocenters. The first-order valence-electron chi connectivity index (χ1n) is 9.23. The first kappa shape index (κ1) is 17.5. The maximum Gasteiger partial charge on any atom is 0.333 e. The van der Waals surface area contributed by atoms with Gasteiger partial charge in [0.25, 0.3) is 5.91 Å². The minimum absolute atomic E-state index is 0.143. The van der Waals surface area contributed by atoms with Crippen molar-refractivity contribution in [2.45, 2.75) is 13.0 Å². The zero-order chi connectivity index (χ0) is 18.8. The summed E-state index contributed by atoms with van der Waals surface area (Å²) in [6.07, 6.45) is 1.79. The largest absolute Gasteiger partial charge is 0.354 e. The lowest BCUT2D eigenvalue weighted by Crippen LogP contribution is -2.51. The number of hydrogen-bond acceptors (Lipinski definition) is 5. The Morgan fingerprint density at radius 2 is 1.67 bits per heavy atom. The SMILES string of the molecule is CC1C(=O)N(CN2CCN(c3ccccn3)CC2)C(=O)N1c1ccccc1. The van der Waals surface area contributed by atoms with Crippen molar-refractivity contribution in [3.05, 3.63) is 54.7 Å². The molecular weight excluding hydrogens is 342 g/mol. The van der Waals surface area contributed by atoms with E-state index < -0.39 is 6.04 Å². The van der Waals surface area contributed by atoms with Gasteiger partial charge in [-0.05, 0) is 31.2 Å². The summed E-state index contributed by atoms with van der Waals surface area (Å²) in [4.78, 5) is 37.3. The Balaban J connectivity index is 1.40. The van der Waals surface area contributed by atoms with Crippen LogP contribution in [0.2, 0.25) is 0 Å². The maximum atomic E-state index is 12.9. The zero-order valence-corrected chi connectivity index (χ0v) is 15.4. The summed E-state index contributed by atoms with van der Waals surface area (Å²) < 4.78 is 0. The van der Waals surface area contributed by atoms with Gasteiger partial charge in [-0.1, -0.05) is 24.3 Å². The lowest BCUT2D eigenvalue weighted by molar-refractivity contribution is -0.128. The molecule has 0 bridgehead atoms. The van der Waals surface area contributed by atoms with Gasteiger partial charge in [0.15, 0.2) is 0 Å². The summed E-state index contributed by atoms with van der Waals surface area (Å²) in [5.41, 5.74) is 0.755. The van der Waals surface area contributed by atoms with Crippen LogP contribution in [0.5, 0.6) is 0 Å². The number of nitrogens with zero attached hydrogens (tertiary/aromatic N) is 5. The summed E-state index contributed by atoms with van der Waals surface area (Å²) in [7, 11) is 0. The van der Waals surface area contributed by atoms with Crippen molar-refractivity contribution in [2.75, 3.05) is 42.6 Å². The lowest BCUT2D eigenvalue weighted by atomic mass is 10.2. The molecule has 0 saturated carbocycles. The molecular formula is C20H23N5O2. The van der Waals surface area contributed by atoms with E-state index >= 15 is 0 Å². The van der Waals surface area contributed by atoms with E-state index in [9.17, 15) is 9.59 Å². The van der Waals surface area contributed by atoms with E-state index in [4.69, 9.17) is 0 Å². The summed E-state index contributed by atoms with van der Waals surface area (Å²) in [5.74, 6) is 0.824. The number of carbonyl (C=O) groups is 2. The first-order chi connectivity index (χ1) is 13.1. The van der Waals surface area contributed by atoms with Crippen LogP contribution in [-0.2, 0) is 4.79 Å². The molecule has 1 aromatic carbocycles. The molecule has 1 unspecified atom stereocenters. The average Bonchev–Trinajstić information content (AvgIpc) is 2.93. The molecule has 2 saturated heterocycles. The fraction of sp³-hybridized carbons (Fsp3) is 0.350. The molecule has 27 heavy (non-hydrogen) atoms. The molecule has 2 aliphatic rings. The number of carbonyl (C=O) groups excluding carboxylic acids is 2. The predicted octanol–water partition coefficient (Wildman–Crippen LogP) is 2.02. The molecule has 0 radical (unpaired) electrons. The van der Waals surface area contributed by atoms with Crippen molar-refractivity contribution in [3.63, 3.8) is 0 Å². The third-order valence-corrected chi connectivity index (χ3v) is 5.17. The van der Waals surface area contributed by atoms with Gasteiger partial charge in [-0.25, -0.2) is 14.7 Å². The summed E-state index contributed by atoms with van der Waals surface area (Å²) in [6, 6.07) is 14.5. The highest BCUT2D eigenvalue weighted by atomic mass is 16.2. The number of rotatable bonds is 4. The fourth-order valence-corrected chi connectivity index (χ4v) is 3.64. The van der Waals surface area contributed by atoms with Crippen molar-refractivity contribution >= 4 is 23.4 Å². The minimum atomic E-state index is -0.477. The normalized spacial score (nSPS) is 21.2. The van der Waals surface area contributed by atoms with Crippen molar-refractivity contribution in [1.29, 1.82) is 0 Å². The van der Waals surface area contributed by atoms with Gasteiger partial charge < -0.3 is 4.90 Å². The Labute approximate surface area is 158 Å². The number of hydrogen-bond donors (Lipinski definition) is 0. The third-order valence-electron chi connectivity index (χ3n) is 5.17. The minimum Gasteiger partial charge on any atom is -0.354 e. The van der Waals surface area contributed by atoms with Crippen LogP contribution in [0.25, 0.3) is 0 Å². The van der Waals surface area contributed by atoms with Crippen molar-refractivity contribution in [2.24, 2.45) is 0 Å². The van der Waals surface area contributed by atoms with Gasteiger partial charge >= 0.3 is 6.03 Å². The van der Waals surface area contributed by atoms with E-state index in [1.165, 1.54) is 4.90 Å². The highest BCUT2D eigenvalue weighted by Gasteiger charge is 2.43. The Hall–Kier alpha value is -2.93. The smallest absolute Gasteiger partial charge is 0.333 e. The second-order valence-corrected chi connectivity index (χ2v) is 6.86. The summed E-state index contributed by atoms with van der Waals surface area (Å²) >= 11 is 0. The van der Waals surface area contributed by atoms with Crippen LogP contribution in [0.1, 0.15) is 6.92 Å². The fourth-order valence-electron chi connectivity index (χ4n) is 3.64. The molecule has 4 rings (SSSR count). The third kappa shape index (κ3) is 3.38. The molecule has 1 aromatic heterocycles. The van der Waals surface area contributed by atoms with E-state index in [1.807, 2.05) is 48.5 Å². The first-order valence-corrected chi connectivity index (χ1v) is 9.23. The van der Waals surface area contributed by atoms with Gasteiger partial charge in [0.05, 0.1) is 6.67 Å². The van der Waals surface area contributed by atoms with Crippen LogP contribution in [0, 0.1) is 0 Å². The Morgan fingerprint density at radius 3 is 2.33 bits per heavy atom. The van der Waals surface area contributed by atoms with Gasteiger partial charge in [0.2, 0.25) is 0 Å². The van der Waals surface area contributed by atoms with Crippen molar-refractivity contribution in [1.82, 2.24) is 14.8 Å². The molecule has 3 amide bonds. The number of anilines is 2. The van der Waals surface area contributed by atoms with Crippen LogP contribution in [0.15, 0.2) is 54.7 Å². The number of urea groups is 1. The van der Waals surface area contributed by atoms with Gasteiger partial charge in [0.1, 0.15) is 11.9 Å². The maximum absolute atomic E-state index is 12.9. The molecule has 0 spiro atoms. The predicted molar refractivity (Wildman–Crippen MR) is 104 cm³/mol. The summed E-state index contributed by atoms with van der Waals surface area (Å²) in [5, 5.41) is 0. The average molecular weight is 365 g/mol. The second kappa shape index (κ2) is 7.36. The topological polar surface area (TPSA) is 60.0 Å². The molecule has 140 valence electrons. The van der Waals surface area contributed by atoms with Crippen LogP contribution in [0.4, 0.5) is 16.3 Å². The monoisotopic (exact) mass is 365 g/mol. The van der Waals surface area contributed by atoms with E-state index in [0.717, 1.165) is 37.7 Å². The molecule has 0 N–H and O–H groups in total. The zero-order valence-electron chi connectivity index (χ0n) is 15.4. The number of piperazine rings is 1. The quantitative estimate of drug-likeness (QED) is 0.776. The molecule has 2 aliphatic heterocycles. The molecule has 2 fully saturated rings. The number of amides is 3. The molecule has 0 aliphatic carbocycles. The number of para-hydroxylation sites is 1. The Morgan fingerprint density at radius 1 is 0.963 bits per heavy atom. The number of pyridine rings is 1. The van der Waals surface area contributed by atoms with E-state index in [0.29, 0.717) is 6.67 Å². The molecule has 7 heteroatoms. The molecule has 3 heterocycles. The van der Waals surface area contributed by atoms with Gasteiger partial charge in [-0.15, -0.1) is 0 Å². The van der Waals surface area contributed by atoms with Crippen LogP contribution < -0.4 is 9.80 Å². The van der Waals surface area contributed by atoms with Gasteiger partial charge in [-0.3, -0.25) is 14.6 Å². The summed E-state index contributed by atoms with van der Waals surface area (Å²) in [6.45, 7) is 5.34. The van der Waals surface area contributed by atoms with Crippen molar-refractivity contribution in [3.8, 4) is 0 Å². The standard InChI is InChI=1S/C20H23N5O2/c1-16-19(26)24(20(27)25(16)17-7-3-2-4-8-17)15-22-11-13-23(14-12-22)18-9-5-6-10-21-18/h2-10,16H,11-15H2,1H3. The van der Waals surface area contributed by atoms with Gasteiger partial charge in [-0.2, -0.15) is 0 Å². The van der Waals surface area contributed by atoms with E-state index in [-0.39, 0.29) is 11.9 Å². The molecule has 2 aromatic rings.